The molecule has 168 valence electrons. The lowest BCUT2D eigenvalue weighted by molar-refractivity contribution is -0.142. The number of carbonyl (C=O) groups excluding carboxylic acids is 1. The van der Waals surface area contributed by atoms with E-state index in [4.69, 9.17) is 10.5 Å². The lowest BCUT2D eigenvalue weighted by atomic mass is 10.1. The number of carbonyl (C=O) groups is 1. The molecule has 1 aliphatic rings. The zero-order chi connectivity index (χ0) is 22.9. The highest BCUT2D eigenvalue weighted by Gasteiger charge is 2.36. The van der Waals surface area contributed by atoms with Crippen LogP contribution in [-0.2, 0) is 23.8 Å². The highest BCUT2D eigenvalue weighted by atomic mass is 32.1. The molecule has 7 nitrogen and oxygen atoms in total. The number of amides is 1. The Morgan fingerprint density at radius 3 is 2.84 bits per heavy atom. The number of rotatable bonds is 7. The van der Waals surface area contributed by atoms with E-state index >= 15 is 0 Å². The minimum atomic E-state index is -4.58. The van der Waals surface area contributed by atoms with E-state index in [9.17, 15) is 18.0 Å². The Bertz CT molecular complexity index is 1150. The number of hydrogen-bond donors (Lipinski definition) is 3. The molecule has 0 spiro atoms. The number of fused-ring (bicyclic) bond motifs is 1. The summed E-state index contributed by atoms with van der Waals surface area (Å²) in [6.07, 6.45) is -0.986. The van der Waals surface area contributed by atoms with Crippen molar-refractivity contribution in [2.75, 3.05) is 24.3 Å². The molecule has 0 bridgehead atoms. The molecular formula is C21H20F3N5O2S. The molecule has 1 atom stereocenters. The molecule has 4 rings (SSSR count). The van der Waals surface area contributed by atoms with E-state index < -0.39 is 11.9 Å². The number of thiazole rings is 1. The van der Waals surface area contributed by atoms with Crippen molar-refractivity contribution in [2.45, 2.75) is 25.1 Å². The van der Waals surface area contributed by atoms with Crippen LogP contribution in [0.1, 0.15) is 16.8 Å². The zero-order valence-electron chi connectivity index (χ0n) is 17.0. The number of pyridine rings is 1. The number of hydrogen-bond acceptors (Lipinski definition) is 7. The molecule has 11 heteroatoms. The van der Waals surface area contributed by atoms with Crippen molar-refractivity contribution >= 4 is 28.1 Å². The average Bonchev–Trinajstić information content (AvgIpc) is 3.36. The van der Waals surface area contributed by atoms with Gasteiger partial charge in [0.25, 0.3) is 0 Å². The number of aromatic nitrogens is 2. The van der Waals surface area contributed by atoms with E-state index in [-0.39, 0.29) is 17.7 Å². The first-order valence-corrected chi connectivity index (χ1v) is 10.5. The number of anilines is 2. The molecular weight excluding hydrogens is 443 g/mol. The van der Waals surface area contributed by atoms with Gasteiger partial charge in [-0.15, -0.1) is 0 Å². The Morgan fingerprint density at radius 1 is 1.28 bits per heavy atom. The number of nitrogens with one attached hydrogen (secondary N) is 2. The fourth-order valence-corrected chi connectivity index (χ4v) is 4.25. The summed E-state index contributed by atoms with van der Waals surface area (Å²) in [7, 11) is 1.17. The van der Waals surface area contributed by atoms with Gasteiger partial charge in [-0.3, -0.25) is 4.79 Å². The summed E-state index contributed by atoms with van der Waals surface area (Å²) in [5.74, 6) is -0.343. The number of alkyl halides is 3. The maximum Gasteiger partial charge on any atom is 0.437 e. The zero-order valence-corrected chi connectivity index (χ0v) is 17.8. The predicted octanol–water partition coefficient (Wildman–Crippen LogP) is 3.71. The maximum atomic E-state index is 12.9. The molecule has 0 fully saturated rings. The number of ether oxygens (including phenoxy) is 1. The second-order valence-electron chi connectivity index (χ2n) is 7.36. The monoisotopic (exact) mass is 463 g/mol. The third-order valence-corrected chi connectivity index (χ3v) is 5.94. The van der Waals surface area contributed by atoms with Crippen molar-refractivity contribution in [3.8, 4) is 16.2 Å². The third-order valence-electron chi connectivity index (χ3n) is 4.93. The van der Waals surface area contributed by atoms with E-state index in [2.05, 4.69) is 20.6 Å². The number of nitrogens with zero attached hydrogens (tertiary/aromatic N) is 2. The van der Waals surface area contributed by atoms with Crippen LogP contribution in [-0.4, -0.2) is 35.6 Å². The van der Waals surface area contributed by atoms with Crippen LogP contribution in [0.4, 0.5) is 24.0 Å². The van der Waals surface area contributed by atoms with E-state index in [1.807, 2.05) is 18.2 Å². The van der Waals surface area contributed by atoms with Gasteiger partial charge in [0.1, 0.15) is 5.75 Å². The van der Waals surface area contributed by atoms with E-state index in [1.165, 1.54) is 30.7 Å². The minimum absolute atomic E-state index is 0.0151. The fourth-order valence-electron chi connectivity index (χ4n) is 3.43. The van der Waals surface area contributed by atoms with Gasteiger partial charge < -0.3 is 21.1 Å². The van der Waals surface area contributed by atoms with E-state index in [0.717, 1.165) is 21.7 Å². The van der Waals surface area contributed by atoms with Crippen molar-refractivity contribution < 1.29 is 22.7 Å². The van der Waals surface area contributed by atoms with Crippen LogP contribution in [0.5, 0.6) is 5.75 Å². The molecule has 1 aromatic carbocycles. The van der Waals surface area contributed by atoms with Gasteiger partial charge in [-0.1, -0.05) is 17.4 Å². The van der Waals surface area contributed by atoms with Gasteiger partial charge in [-0.05, 0) is 41.3 Å². The summed E-state index contributed by atoms with van der Waals surface area (Å²) in [6.45, 7) is 0.374. The van der Waals surface area contributed by atoms with Crippen molar-refractivity contribution in [2.24, 2.45) is 5.73 Å². The molecule has 0 saturated heterocycles. The first-order valence-electron chi connectivity index (χ1n) is 9.71. The van der Waals surface area contributed by atoms with Crippen molar-refractivity contribution in [3.63, 3.8) is 0 Å². The highest BCUT2D eigenvalue weighted by molar-refractivity contribution is 7.18. The van der Waals surface area contributed by atoms with Crippen LogP contribution in [0.25, 0.3) is 10.4 Å². The van der Waals surface area contributed by atoms with Gasteiger partial charge in [-0.2, -0.15) is 13.2 Å². The van der Waals surface area contributed by atoms with Crippen LogP contribution < -0.4 is 21.1 Å². The van der Waals surface area contributed by atoms with Gasteiger partial charge in [-0.25, -0.2) is 9.97 Å². The summed E-state index contributed by atoms with van der Waals surface area (Å²) in [5.41, 5.74) is 8.40. The van der Waals surface area contributed by atoms with Gasteiger partial charge in [0.2, 0.25) is 5.91 Å². The Hall–Kier alpha value is -3.18. The summed E-state index contributed by atoms with van der Waals surface area (Å²) < 4.78 is 43.7. The molecule has 3 heterocycles. The molecule has 1 amide bonds. The molecule has 2 aromatic heterocycles. The highest BCUT2D eigenvalue weighted by Crippen LogP contribution is 2.35. The first kappa shape index (κ1) is 22.0. The smallest absolute Gasteiger partial charge is 0.437 e. The third kappa shape index (κ3) is 4.83. The largest absolute Gasteiger partial charge is 0.494 e. The molecule has 4 N–H and O–H groups in total. The number of methoxy groups -OCH3 is 1. The van der Waals surface area contributed by atoms with Gasteiger partial charge >= 0.3 is 6.18 Å². The van der Waals surface area contributed by atoms with Crippen LogP contribution in [0.15, 0.2) is 36.7 Å². The summed E-state index contributed by atoms with van der Waals surface area (Å²) >= 11 is 1.45. The number of nitrogens with two attached hydrogens (primary N) is 1. The van der Waals surface area contributed by atoms with Gasteiger partial charge in [0.05, 0.1) is 18.4 Å². The Labute approximate surface area is 185 Å². The van der Waals surface area contributed by atoms with Crippen LogP contribution >= 0.6 is 11.3 Å². The normalized spacial score (nSPS) is 14.1. The molecule has 3 aromatic rings. The molecule has 0 radical (unpaired) electrons. The topological polar surface area (TPSA) is 102 Å². The standard InChI is InChI=1S/C21H20F3N5O2S/c1-31-16-5-11(8-26-19(16)21(22,23)24)4-14(25)9-27-20-28-10-17(32-20)12-2-3-15-13(6-12)7-18(30)29-15/h2-3,5-6,8,10,14H,4,7,9,25H2,1H3,(H,27,28)(H,29,30). The van der Waals surface area contributed by atoms with E-state index in [1.54, 1.807) is 6.20 Å². The lowest BCUT2D eigenvalue weighted by Gasteiger charge is -2.15. The average molecular weight is 463 g/mol. The fraction of sp³-hybridized carbons (Fsp3) is 0.286. The molecule has 0 saturated carbocycles. The van der Waals surface area contributed by atoms with Crippen LogP contribution in [0.2, 0.25) is 0 Å². The number of benzene rings is 1. The van der Waals surface area contributed by atoms with Crippen molar-refractivity contribution in [1.29, 1.82) is 0 Å². The molecule has 0 aliphatic carbocycles. The Balaban J connectivity index is 1.36. The Morgan fingerprint density at radius 2 is 2.09 bits per heavy atom. The van der Waals surface area contributed by atoms with Gasteiger partial charge in [0.15, 0.2) is 10.8 Å². The molecule has 1 aliphatic heterocycles. The second-order valence-corrected chi connectivity index (χ2v) is 8.39. The van der Waals surface area contributed by atoms with Crippen LogP contribution in [0, 0.1) is 0 Å². The van der Waals surface area contributed by atoms with E-state index in [0.29, 0.717) is 30.1 Å². The van der Waals surface area contributed by atoms with Crippen molar-refractivity contribution in [1.82, 2.24) is 9.97 Å². The second kappa shape index (κ2) is 8.75. The maximum absolute atomic E-state index is 12.9. The Kier molecular flexibility index (Phi) is 6.02. The SMILES string of the molecule is COc1cc(CC(N)CNc2ncc(-c3ccc4c(c3)CC(=O)N4)s2)cnc1C(F)(F)F. The van der Waals surface area contributed by atoms with Crippen LogP contribution in [0.3, 0.4) is 0 Å². The lowest BCUT2D eigenvalue weighted by Crippen LogP contribution is -2.31. The van der Waals surface area contributed by atoms with Crippen molar-refractivity contribution in [3.05, 3.63) is 53.5 Å². The minimum Gasteiger partial charge on any atom is -0.494 e. The van der Waals surface area contributed by atoms with Gasteiger partial charge in [0, 0.05) is 30.7 Å². The first-order chi connectivity index (χ1) is 15.2. The quantitative estimate of drug-likeness (QED) is 0.494. The predicted molar refractivity (Wildman–Crippen MR) is 116 cm³/mol. The molecule has 32 heavy (non-hydrogen) atoms. The summed E-state index contributed by atoms with van der Waals surface area (Å²) in [4.78, 5) is 20.3. The summed E-state index contributed by atoms with van der Waals surface area (Å²) in [6, 6.07) is 6.72. The number of halogens is 3. The molecule has 1 unspecified atom stereocenters. The summed E-state index contributed by atoms with van der Waals surface area (Å²) in [5, 5.41) is 6.64.